The molecular weight excluding hydrogens is 256 g/mol. The molecule has 0 aromatic carbocycles. The average molecular weight is 284 g/mol. The van der Waals surface area contributed by atoms with Crippen molar-refractivity contribution in [2.24, 2.45) is 11.3 Å². The molecule has 1 rings (SSSR count). The lowest BCUT2D eigenvalue weighted by Gasteiger charge is -2.30. The van der Waals surface area contributed by atoms with Crippen LogP contribution in [0.4, 0.5) is 4.79 Å². The van der Waals surface area contributed by atoms with Crippen LogP contribution in [0.15, 0.2) is 0 Å². The highest BCUT2D eigenvalue weighted by molar-refractivity contribution is 5.75. The third kappa shape index (κ3) is 5.02. The summed E-state index contributed by atoms with van der Waals surface area (Å²) in [4.78, 5) is 26.2. The molecule has 1 N–H and O–H groups in total. The molecule has 0 saturated carbocycles. The first kappa shape index (κ1) is 16.8. The first-order valence-electron chi connectivity index (χ1n) is 7.43. The van der Waals surface area contributed by atoms with E-state index in [-0.39, 0.29) is 24.4 Å². The van der Waals surface area contributed by atoms with Crippen LogP contribution in [0.5, 0.6) is 0 Å². The fourth-order valence-corrected chi connectivity index (χ4v) is 2.75. The number of carbonyl (C=O) groups is 2. The number of nitrogens with zero attached hydrogens (tertiary/aromatic N) is 2. The van der Waals surface area contributed by atoms with Gasteiger partial charge in [0.25, 0.3) is 0 Å². The van der Waals surface area contributed by atoms with E-state index in [1.54, 1.807) is 7.05 Å². The molecule has 1 aliphatic heterocycles. The summed E-state index contributed by atoms with van der Waals surface area (Å²) in [5, 5.41) is 8.67. The summed E-state index contributed by atoms with van der Waals surface area (Å²) in [5.74, 6) is -0.224. The fraction of sp³-hybridized carbons (Fsp3) is 0.867. The number of hydrogen-bond donors (Lipinski definition) is 1. The summed E-state index contributed by atoms with van der Waals surface area (Å²) >= 11 is 0. The predicted octanol–water partition coefficient (Wildman–Crippen LogP) is 2.66. The zero-order chi connectivity index (χ0) is 15.3. The van der Waals surface area contributed by atoms with Gasteiger partial charge in [0.15, 0.2) is 0 Å². The number of carboxylic acid groups (broad SMARTS) is 1. The molecule has 0 aromatic heterocycles. The first-order chi connectivity index (χ1) is 9.21. The van der Waals surface area contributed by atoms with E-state index >= 15 is 0 Å². The predicted molar refractivity (Wildman–Crippen MR) is 78.6 cm³/mol. The molecule has 0 aromatic rings. The van der Waals surface area contributed by atoms with Crippen LogP contribution in [0, 0.1) is 11.3 Å². The number of rotatable bonds is 3. The normalized spacial score (nSPS) is 20.4. The molecule has 0 radical (unpaired) electrons. The van der Waals surface area contributed by atoms with Gasteiger partial charge in [0.2, 0.25) is 0 Å². The van der Waals surface area contributed by atoms with Crippen molar-refractivity contribution in [1.82, 2.24) is 9.80 Å². The molecule has 0 spiro atoms. The van der Waals surface area contributed by atoms with E-state index in [9.17, 15) is 9.59 Å². The molecule has 116 valence electrons. The standard InChI is InChI=1S/C15H28N2O3/c1-15(2,3)12-6-5-9-17(11-7-12)14(20)16(4)10-8-13(18)19/h12H,5-11H2,1-4H3,(H,18,19). The van der Waals surface area contributed by atoms with E-state index in [4.69, 9.17) is 5.11 Å². The molecule has 0 bridgehead atoms. The Labute approximate surface area is 121 Å². The van der Waals surface area contributed by atoms with Crippen LogP contribution in [0.3, 0.4) is 0 Å². The number of carbonyl (C=O) groups excluding carboxylic acids is 1. The molecule has 1 atom stereocenters. The third-order valence-corrected chi connectivity index (χ3v) is 4.21. The quantitative estimate of drug-likeness (QED) is 0.866. The van der Waals surface area contributed by atoms with Gasteiger partial charge < -0.3 is 14.9 Å². The Balaban J connectivity index is 2.51. The number of hydrogen-bond acceptors (Lipinski definition) is 2. The molecule has 1 fully saturated rings. The highest BCUT2D eigenvalue weighted by Gasteiger charge is 2.29. The zero-order valence-electron chi connectivity index (χ0n) is 13.2. The van der Waals surface area contributed by atoms with Gasteiger partial charge in [-0.25, -0.2) is 4.79 Å². The topological polar surface area (TPSA) is 60.9 Å². The van der Waals surface area contributed by atoms with Gasteiger partial charge in [0.05, 0.1) is 6.42 Å². The van der Waals surface area contributed by atoms with Crippen LogP contribution < -0.4 is 0 Å². The Kier molecular flexibility index (Phi) is 5.84. The Morgan fingerprint density at radius 1 is 1.25 bits per heavy atom. The molecule has 1 heterocycles. The van der Waals surface area contributed by atoms with E-state index < -0.39 is 5.97 Å². The summed E-state index contributed by atoms with van der Waals surface area (Å²) in [5.41, 5.74) is 0.286. The fourth-order valence-electron chi connectivity index (χ4n) is 2.75. The minimum atomic E-state index is -0.867. The summed E-state index contributed by atoms with van der Waals surface area (Å²) in [6.07, 6.45) is 3.22. The van der Waals surface area contributed by atoms with Gasteiger partial charge in [-0.15, -0.1) is 0 Å². The molecular formula is C15H28N2O3. The second-order valence-electron chi connectivity index (χ2n) is 6.83. The van der Waals surface area contributed by atoms with Crippen molar-refractivity contribution in [3.8, 4) is 0 Å². The average Bonchev–Trinajstić information content (AvgIpc) is 2.60. The smallest absolute Gasteiger partial charge is 0.319 e. The molecule has 20 heavy (non-hydrogen) atoms. The van der Waals surface area contributed by atoms with Crippen molar-refractivity contribution in [2.45, 2.75) is 46.5 Å². The summed E-state index contributed by atoms with van der Waals surface area (Å²) < 4.78 is 0. The van der Waals surface area contributed by atoms with Crippen molar-refractivity contribution in [1.29, 1.82) is 0 Å². The first-order valence-corrected chi connectivity index (χ1v) is 7.43. The van der Waals surface area contributed by atoms with Gasteiger partial charge in [-0.2, -0.15) is 0 Å². The second-order valence-corrected chi connectivity index (χ2v) is 6.83. The lowest BCUT2D eigenvalue weighted by Crippen LogP contribution is -2.42. The van der Waals surface area contributed by atoms with Crippen molar-refractivity contribution < 1.29 is 14.7 Å². The van der Waals surface area contributed by atoms with Gasteiger partial charge in [-0.05, 0) is 30.6 Å². The largest absolute Gasteiger partial charge is 0.481 e. The number of aliphatic carboxylic acids is 1. The second kappa shape index (κ2) is 6.95. The Morgan fingerprint density at radius 3 is 2.45 bits per heavy atom. The van der Waals surface area contributed by atoms with Crippen molar-refractivity contribution in [2.75, 3.05) is 26.7 Å². The summed E-state index contributed by atoms with van der Waals surface area (Å²) in [6.45, 7) is 8.60. The van der Waals surface area contributed by atoms with Crippen LogP contribution in [0.2, 0.25) is 0 Å². The monoisotopic (exact) mass is 284 g/mol. The van der Waals surface area contributed by atoms with E-state index in [0.717, 1.165) is 32.4 Å². The van der Waals surface area contributed by atoms with Crippen LogP contribution in [-0.4, -0.2) is 53.6 Å². The Morgan fingerprint density at radius 2 is 1.90 bits per heavy atom. The Hall–Kier alpha value is -1.26. The SMILES string of the molecule is CN(CCC(=O)O)C(=O)N1CCCC(C(C)(C)C)CC1. The minimum Gasteiger partial charge on any atom is -0.481 e. The van der Waals surface area contributed by atoms with Crippen molar-refractivity contribution in [3.05, 3.63) is 0 Å². The van der Waals surface area contributed by atoms with E-state index in [1.807, 2.05) is 4.90 Å². The maximum absolute atomic E-state index is 12.3. The van der Waals surface area contributed by atoms with Gasteiger partial charge >= 0.3 is 12.0 Å². The lowest BCUT2D eigenvalue weighted by atomic mass is 9.77. The molecule has 0 aliphatic carbocycles. The van der Waals surface area contributed by atoms with Crippen molar-refractivity contribution >= 4 is 12.0 Å². The molecule has 2 amide bonds. The molecule has 5 heteroatoms. The van der Waals surface area contributed by atoms with Crippen molar-refractivity contribution in [3.63, 3.8) is 0 Å². The summed E-state index contributed by atoms with van der Waals surface area (Å²) in [6, 6.07) is -0.0409. The zero-order valence-corrected chi connectivity index (χ0v) is 13.2. The van der Waals surface area contributed by atoms with Crippen LogP contribution in [0.1, 0.15) is 46.5 Å². The van der Waals surface area contributed by atoms with E-state index in [2.05, 4.69) is 20.8 Å². The maximum Gasteiger partial charge on any atom is 0.319 e. The molecule has 1 saturated heterocycles. The van der Waals surface area contributed by atoms with Gasteiger partial charge in [-0.1, -0.05) is 20.8 Å². The summed E-state index contributed by atoms with van der Waals surface area (Å²) in [7, 11) is 1.68. The molecule has 5 nitrogen and oxygen atoms in total. The van der Waals surface area contributed by atoms with Gasteiger partial charge in [-0.3, -0.25) is 4.79 Å². The van der Waals surface area contributed by atoms with Crippen LogP contribution in [-0.2, 0) is 4.79 Å². The van der Waals surface area contributed by atoms with Crippen LogP contribution in [0.25, 0.3) is 0 Å². The third-order valence-electron chi connectivity index (χ3n) is 4.21. The lowest BCUT2D eigenvalue weighted by molar-refractivity contribution is -0.137. The maximum atomic E-state index is 12.3. The number of carboxylic acids is 1. The number of urea groups is 1. The van der Waals surface area contributed by atoms with Gasteiger partial charge in [0.1, 0.15) is 0 Å². The highest BCUT2D eigenvalue weighted by Crippen LogP contribution is 2.34. The van der Waals surface area contributed by atoms with Crippen LogP contribution >= 0.6 is 0 Å². The minimum absolute atomic E-state index is 0.000691. The highest BCUT2D eigenvalue weighted by atomic mass is 16.4. The van der Waals surface area contributed by atoms with E-state index in [0.29, 0.717) is 5.92 Å². The van der Waals surface area contributed by atoms with E-state index in [1.165, 1.54) is 4.90 Å². The Bertz CT molecular complexity index is 350. The number of likely N-dealkylation sites (tertiary alicyclic amines) is 1. The number of amides is 2. The molecule has 1 unspecified atom stereocenters. The molecule has 1 aliphatic rings. The van der Waals surface area contributed by atoms with Gasteiger partial charge in [0, 0.05) is 26.7 Å².